The molecule has 1 heterocycles. The molecule has 1 aliphatic rings. The second kappa shape index (κ2) is 8.64. The van der Waals surface area contributed by atoms with E-state index in [4.69, 9.17) is 18.9 Å². The van der Waals surface area contributed by atoms with Gasteiger partial charge >= 0.3 is 0 Å². The molecule has 1 amide bonds. The van der Waals surface area contributed by atoms with Crippen LogP contribution in [0.3, 0.4) is 0 Å². The molecule has 2 aromatic carbocycles. The van der Waals surface area contributed by atoms with Crippen molar-refractivity contribution in [1.82, 2.24) is 5.32 Å². The first kappa shape index (κ1) is 20.8. The molecule has 29 heavy (non-hydrogen) atoms. The van der Waals surface area contributed by atoms with E-state index >= 15 is 0 Å². The van der Waals surface area contributed by atoms with Crippen LogP contribution < -0.4 is 24.3 Å². The number of rotatable bonds is 7. The first-order chi connectivity index (χ1) is 14.0. The molecule has 1 atom stereocenters. The van der Waals surface area contributed by atoms with Crippen LogP contribution in [0.25, 0.3) is 0 Å². The zero-order valence-electron chi connectivity index (χ0n) is 17.7. The lowest BCUT2D eigenvalue weighted by Gasteiger charge is -2.41. The fraction of sp³-hybridized carbons (Fsp3) is 0.435. The average molecular weight is 399 g/mol. The molecule has 6 nitrogen and oxygen atoms in total. The van der Waals surface area contributed by atoms with Crippen molar-refractivity contribution in [3.63, 3.8) is 0 Å². The van der Waals surface area contributed by atoms with E-state index < -0.39 is 0 Å². The van der Waals surface area contributed by atoms with E-state index in [0.29, 0.717) is 29.2 Å². The van der Waals surface area contributed by atoms with Crippen molar-refractivity contribution >= 4 is 5.91 Å². The number of para-hydroxylation sites is 1. The summed E-state index contributed by atoms with van der Waals surface area (Å²) in [5.41, 5.74) is 1.15. The van der Waals surface area contributed by atoms with E-state index in [-0.39, 0.29) is 17.6 Å². The highest BCUT2D eigenvalue weighted by atomic mass is 16.5. The van der Waals surface area contributed by atoms with E-state index in [1.165, 1.54) is 21.3 Å². The Hall–Kier alpha value is -2.89. The monoisotopic (exact) mass is 399 g/mol. The fourth-order valence-electron chi connectivity index (χ4n) is 3.88. The zero-order valence-corrected chi connectivity index (χ0v) is 17.7. The van der Waals surface area contributed by atoms with Crippen molar-refractivity contribution in [2.24, 2.45) is 0 Å². The van der Waals surface area contributed by atoms with Gasteiger partial charge in [-0.15, -0.1) is 0 Å². The standard InChI is InChI=1S/C23H29NO5/c1-6-23(7-2)14-17(16-10-8-9-11-18(16)29-23)24-22(25)15-12-19(26-3)21(28-5)20(13-15)27-4/h8-13,17H,6-7,14H2,1-5H3,(H,24,25). The van der Waals surface area contributed by atoms with Crippen molar-refractivity contribution in [2.45, 2.75) is 44.8 Å². The van der Waals surface area contributed by atoms with Crippen LogP contribution in [0.1, 0.15) is 55.1 Å². The number of hydrogen-bond donors (Lipinski definition) is 1. The maximum atomic E-state index is 13.1. The Bertz CT molecular complexity index is 850. The van der Waals surface area contributed by atoms with Crippen molar-refractivity contribution in [3.8, 4) is 23.0 Å². The first-order valence-electron chi connectivity index (χ1n) is 9.89. The molecule has 0 radical (unpaired) electrons. The van der Waals surface area contributed by atoms with Gasteiger partial charge in [0, 0.05) is 17.5 Å². The summed E-state index contributed by atoms with van der Waals surface area (Å²) in [4.78, 5) is 13.1. The lowest BCUT2D eigenvalue weighted by atomic mass is 9.83. The molecule has 0 bridgehead atoms. The number of benzene rings is 2. The number of carbonyl (C=O) groups excluding carboxylic acids is 1. The van der Waals surface area contributed by atoms with Gasteiger partial charge in [-0.1, -0.05) is 32.0 Å². The Balaban J connectivity index is 1.94. The van der Waals surface area contributed by atoms with Gasteiger partial charge in [0.15, 0.2) is 11.5 Å². The number of nitrogens with one attached hydrogen (secondary N) is 1. The maximum absolute atomic E-state index is 13.1. The molecule has 2 aromatic rings. The van der Waals surface area contributed by atoms with Gasteiger partial charge in [0.2, 0.25) is 5.75 Å². The summed E-state index contributed by atoms with van der Waals surface area (Å²) in [6.07, 6.45) is 2.45. The maximum Gasteiger partial charge on any atom is 0.252 e. The highest BCUT2D eigenvalue weighted by Gasteiger charge is 2.39. The van der Waals surface area contributed by atoms with E-state index in [9.17, 15) is 4.79 Å². The summed E-state index contributed by atoms with van der Waals surface area (Å²) in [6.45, 7) is 4.24. The molecule has 0 saturated carbocycles. The van der Waals surface area contributed by atoms with E-state index in [1.807, 2.05) is 24.3 Å². The third-order valence-corrected chi connectivity index (χ3v) is 5.72. The summed E-state index contributed by atoms with van der Waals surface area (Å²) in [5.74, 6) is 1.98. The highest BCUT2D eigenvalue weighted by Crippen LogP contribution is 2.43. The van der Waals surface area contributed by atoms with Gasteiger partial charge in [-0.25, -0.2) is 0 Å². The van der Waals surface area contributed by atoms with Crippen LogP contribution in [-0.2, 0) is 0 Å². The average Bonchev–Trinajstić information content (AvgIpc) is 2.77. The minimum absolute atomic E-state index is 0.147. The first-order valence-corrected chi connectivity index (χ1v) is 9.89. The summed E-state index contributed by atoms with van der Waals surface area (Å²) >= 11 is 0. The number of carbonyl (C=O) groups is 1. The molecule has 0 saturated heterocycles. The predicted molar refractivity (Wildman–Crippen MR) is 111 cm³/mol. The minimum atomic E-state index is -0.290. The topological polar surface area (TPSA) is 66.0 Å². The van der Waals surface area contributed by atoms with Gasteiger partial charge in [0.1, 0.15) is 11.4 Å². The third kappa shape index (κ3) is 3.97. The molecule has 1 N–H and O–H groups in total. The number of hydrogen-bond acceptors (Lipinski definition) is 5. The zero-order chi connectivity index (χ0) is 21.0. The van der Waals surface area contributed by atoms with E-state index in [2.05, 4.69) is 19.2 Å². The predicted octanol–water partition coefficient (Wildman–Crippen LogP) is 4.52. The van der Waals surface area contributed by atoms with E-state index in [0.717, 1.165) is 24.2 Å². The van der Waals surface area contributed by atoms with Crippen LogP contribution in [0.15, 0.2) is 36.4 Å². The second-order valence-electron chi connectivity index (χ2n) is 7.17. The lowest BCUT2D eigenvalue weighted by Crippen LogP contribution is -2.44. The molecule has 0 aliphatic carbocycles. The lowest BCUT2D eigenvalue weighted by molar-refractivity contribution is 0.0227. The Morgan fingerprint density at radius 1 is 1.07 bits per heavy atom. The molecule has 0 aromatic heterocycles. The number of ether oxygens (including phenoxy) is 4. The fourth-order valence-corrected chi connectivity index (χ4v) is 3.88. The van der Waals surface area contributed by atoms with Crippen molar-refractivity contribution in [1.29, 1.82) is 0 Å². The summed E-state index contributed by atoms with van der Waals surface area (Å²) in [6, 6.07) is 11.1. The Morgan fingerprint density at radius 3 is 2.24 bits per heavy atom. The van der Waals surface area contributed by atoms with Crippen LogP contribution in [0.5, 0.6) is 23.0 Å². The Morgan fingerprint density at radius 2 is 1.69 bits per heavy atom. The second-order valence-corrected chi connectivity index (χ2v) is 7.17. The molecule has 3 rings (SSSR count). The van der Waals surface area contributed by atoms with Crippen LogP contribution in [0.4, 0.5) is 0 Å². The van der Waals surface area contributed by atoms with Crippen LogP contribution >= 0.6 is 0 Å². The van der Waals surface area contributed by atoms with Crippen LogP contribution in [0.2, 0.25) is 0 Å². The quantitative estimate of drug-likeness (QED) is 0.741. The SMILES string of the molecule is CCC1(CC)CC(NC(=O)c2cc(OC)c(OC)c(OC)c2)c2ccccc2O1. The molecule has 6 heteroatoms. The number of amides is 1. The number of methoxy groups -OCH3 is 3. The largest absolute Gasteiger partial charge is 0.493 e. The molecule has 0 fully saturated rings. The summed E-state index contributed by atoms with van der Waals surface area (Å²) in [5, 5.41) is 3.18. The third-order valence-electron chi connectivity index (χ3n) is 5.72. The molecular weight excluding hydrogens is 370 g/mol. The highest BCUT2D eigenvalue weighted by molar-refractivity contribution is 5.96. The van der Waals surface area contributed by atoms with Gasteiger partial charge in [0.25, 0.3) is 5.91 Å². The van der Waals surface area contributed by atoms with Gasteiger partial charge in [0.05, 0.1) is 27.4 Å². The summed E-state index contributed by atoms with van der Waals surface area (Å²) in [7, 11) is 4.60. The molecule has 0 spiro atoms. The van der Waals surface area contributed by atoms with Gasteiger partial charge in [-0.3, -0.25) is 4.79 Å². The van der Waals surface area contributed by atoms with Crippen LogP contribution in [-0.4, -0.2) is 32.8 Å². The number of fused-ring (bicyclic) bond motifs is 1. The summed E-state index contributed by atoms with van der Waals surface area (Å²) < 4.78 is 22.4. The Labute approximate surface area is 172 Å². The van der Waals surface area contributed by atoms with Crippen molar-refractivity contribution in [2.75, 3.05) is 21.3 Å². The molecular formula is C23H29NO5. The molecule has 1 unspecified atom stereocenters. The Kier molecular flexibility index (Phi) is 6.20. The molecule has 156 valence electrons. The van der Waals surface area contributed by atoms with Gasteiger partial charge in [-0.2, -0.15) is 0 Å². The van der Waals surface area contributed by atoms with Crippen molar-refractivity contribution < 1.29 is 23.7 Å². The van der Waals surface area contributed by atoms with Crippen LogP contribution in [0, 0.1) is 0 Å². The minimum Gasteiger partial charge on any atom is -0.493 e. The van der Waals surface area contributed by atoms with Gasteiger partial charge in [-0.05, 0) is 31.0 Å². The van der Waals surface area contributed by atoms with E-state index in [1.54, 1.807) is 12.1 Å². The smallest absolute Gasteiger partial charge is 0.252 e. The normalized spacial score (nSPS) is 16.9. The van der Waals surface area contributed by atoms with Gasteiger partial charge < -0.3 is 24.3 Å². The van der Waals surface area contributed by atoms with Crippen molar-refractivity contribution in [3.05, 3.63) is 47.5 Å². The molecule has 1 aliphatic heterocycles.